The molecule has 0 saturated carbocycles. The van der Waals surface area contributed by atoms with Gasteiger partial charge in [-0.1, -0.05) is 30.0 Å². The molecule has 0 spiro atoms. The molecule has 2 aromatic carbocycles. The van der Waals surface area contributed by atoms with Gasteiger partial charge < -0.3 is 19.8 Å². The van der Waals surface area contributed by atoms with E-state index in [4.69, 9.17) is 14.5 Å². The zero-order valence-electron chi connectivity index (χ0n) is 19.7. The number of thioether (sulfide) groups is 1. The van der Waals surface area contributed by atoms with Crippen molar-refractivity contribution in [2.24, 2.45) is 5.41 Å². The number of aromatic nitrogens is 4. The van der Waals surface area contributed by atoms with E-state index in [0.29, 0.717) is 39.3 Å². The van der Waals surface area contributed by atoms with Gasteiger partial charge in [0.05, 0.1) is 35.7 Å². The first-order chi connectivity index (χ1) is 17.4. The third kappa shape index (κ3) is 5.01. The van der Waals surface area contributed by atoms with Crippen LogP contribution in [0.25, 0.3) is 22.6 Å². The average molecular weight is 506 g/mol. The summed E-state index contributed by atoms with van der Waals surface area (Å²) in [4.78, 5) is 29.7. The van der Waals surface area contributed by atoms with Crippen LogP contribution in [0.1, 0.15) is 19.0 Å². The minimum absolute atomic E-state index is 0.141. The smallest absolute Gasteiger partial charge is 0.234 e. The topological polar surface area (TPSA) is 102 Å². The van der Waals surface area contributed by atoms with Crippen molar-refractivity contribution in [3.05, 3.63) is 78.5 Å². The molecule has 0 aliphatic carbocycles. The second kappa shape index (κ2) is 10.2. The molecule has 2 N–H and O–H groups in total. The summed E-state index contributed by atoms with van der Waals surface area (Å²) in [5.74, 6) is -0.0983. The summed E-state index contributed by atoms with van der Waals surface area (Å²) < 4.78 is 25.5. The maximum absolute atomic E-state index is 13.6. The van der Waals surface area contributed by atoms with Crippen LogP contribution in [0.5, 0.6) is 0 Å². The van der Waals surface area contributed by atoms with Gasteiger partial charge in [0.15, 0.2) is 11.0 Å². The van der Waals surface area contributed by atoms with Crippen molar-refractivity contribution in [2.75, 3.05) is 24.8 Å². The molecule has 5 rings (SSSR count). The van der Waals surface area contributed by atoms with Gasteiger partial charge in [-0.2, -0.15) is 0 Å². The number of aromatic amines is 1. The zero-order chi connectivity index (χ0) is 25.1. The number of anilines is 1. The SMILES string of the molecule is CSc1nccc(-c2[nH]c(C3OCC(C)(C(=O)Nc4ccccc4)CO3)nc2-c2ccc(F)cc2)n1. The van der Waals surface area contributed by atoms with Crippen molar-refractivity contribution in [1.82, 2.24) is 19.9 Å². The van der Waals surface area contributed by atoms with E-state index in [9.17, 15) is 9.18 Å². The molecule has 1 aliphatic rings. The van der Waals surface area contributed by atoms with Gasteiger partial charge in [-0.25, -0.2) is 19.3 Å². The molecular formula is C26H24FN5O3S. The Morgan fingerprint density at radius 1 is 1.08 bits per heavy atom. The number of nitrogens with zero attached hydrogens (tertiary/aromatic N) is 3. The number of ether oxygens (including phenoxy) is 2. The molecule has 2 aromatic heterocycles. The number of nitrogens with one attached hydrogen (secondary N) is 2. The first kappa shape index (κ1) is 24.1. The molecule has 0 atom stereocenters. The summed E-state index contributed by atoms with van der Waals surface area (Å²) >= 11 is 1.43. The van der Waals surface area contributed by atoms with Gasteiger partial charge in [0.2, 0.25) is 12.2 Å². The summed E-state index contributed by atoms with van der Waals surface area (Å²) in [5, 5.41) is 3.52. The second-order valence-corrected chi connectivity index (χ2v) is 9.39. The van der Waals surface area contributed by atoms with E-state index in [1.807, 2.05) is 36.6 Å². The number of para-hydroxylation sites is 1. The fraction of sp³-hybridized carbons (Fsp3) is 0.231. The maximum Gasteiger partial charge on any atom is 0.234 e. The molecule has 1 aliphatic heterocycles. The highest BCUT2D eigenvalue weighted by Crippen LogP contribution is 2.36. The van der Waals surface area contributed by atoms with Crippen molar-refractivity contribution < 1.29 is 18.7 Å². The van der Waals surface area contributed by atoms with Crippen molar-refractivity contribution in [3.8, 4) is 22.6 Å². The van der Waals surface area contributed by atoms with Crippen LogP contribution < -0.4 is 5.32 Å². The number of hydrogen-bond acceptors (Lipinski definition) is 7. The molecule has 1 fully saturated rings. The third-order valence-corrected chi connectivity index (χ3v) is 6.38. The van der Waals surface area contributed by atoms with Crippen LogP contribution in [0.15, 0.2) is 72.0 Å². The van der Waals surface area contributed by atoms with E-state index in [0.717, 1.165) is 0 Å². The number of benzene rings is 2. The number of imidazole rings is 1. The van der Waals surface area contributed by atoms with Gasteiger partial charge in [-0.3, -0.25) is 4.79 Å². The first-order valence-corrected chi connectivity index (χ1v) is 12.5. The molecule has 3 heterocycles. The van der Waals surface area contributed by atoms with E-state index < -0.39 is 11.7 Å². The Hall–Kier alpha value is -3.60. The third-order valence-electron chi connectivity index (χ3n) is 5.82. The van der Waals surface area contributed by atoms with Crippen LogP contribution in [0.4, 0.5) is 10.1 Å². The Morgan fingerprint density at radius 2 is 1.81 bits per heavy atom. The van der Waals surface area contributed by atoms with Crippen LogP contribution in [-0.2, 0) is 14.3 Å². The minimum Gasteiger partial charge on any atom is -0.345 e. The lowest BCUT2D eigenvalue weighted by Gasteiger charge is -2.35. The van der Waals surface area contributed by atoms with Gasteiger partial charge in [-0.05, 0) is 55.6 Å². The molecule has 36 heavy (non-hydrogen) atoms. The van der Waals surface area contributed by atoms with Gasteiger partial charge in [0, 0.05) is 17.4 Å². The van der Waals surface area contributed by atoms with Gasteiger partial charge in [0.1, 0.15) is 5.82 Å². The molecule has 0 bridgehead atoms. The van der Waals surface area contributed by atoms with E-state index in [2.05, 4.69) is 20.3 Å². The number of carbonyl (C=O) groups excluding carboxylic acids is 1. The van der Waals surface area contributed by atoms with Crippen molar-refractivity contribution in [3.63, 3.8) is 0 Å². The van der Waals surface area contributed by atoms with Crippen LogP contribution in [0.2, 0.25) is 0 Å². The Bertz CT molecular complexity index is 1360. The highest BCUT2D eigenvalue weighted by atomic mass is 32.2. The lowest BCUT2D eigenvalue weighted by molar-refractivity contribution is -0.229. The number of H-pyrrole nitrogens is 1. The molecule has 8 nitrogen and oxygen atoms in total. The maximum atomic E-state index is 13.6. The minimum atomic E-state index is -0.874. The second-order valence-electron chi connectivity index (χ2n) is 8.62. The zero-order valence-corrected chi connectivity index (χ0v) is 20.5. The van der Waals surface area contributed by atoms with E-state index >= 15 is 0 Å². The van der Waals surface area contributed by atoms with Crippen LogP contribution in [0.3, 0.4) is 0 Å². The molecule has 184 valence electrons. The van der Waals surface area contributed by atoms with E-state index in [-0.39, 0.29) is 24.9 Å². The van der Waals surface area contributed by atoms with Gasteiger partial charge in [-0.15, -0.1) is 0 Å². The Balaban J connectivity index is 1.40. The lowest BCUT2D eigenvalue weighted by Crippen LogP contribution is -2.45. The Labute approximate surface area is 211 Å². The Morgan fingerprint density at radius 3 is 2.50 bits per heavy atom. The molecule has 10 heteroatoms. The predicted molar refractivity (Wildman–Crippen MR) is 135 cm³/mol. The molecule has 1 amide bonds. The highest BCUT2D eigenvalue weighted by molar-refractivity contribution is 7.98. The van der Waals surface area contributed by atoms with Crippen molar-refractivity contribution in [1.29, 1.82) is 0 Å². The number of hydrogen-bond donors (Lipinski definition) is 2. The summed E-state index contributed by atoms with van der Waals surface area (Å²) in [6, 6.07) is 17.1. The van der Waals surface area contributed by atoms with E-state index in [1.54, 1.807) is 31.3 Å². The first-order valence-electron chi connectivity index (χ1n) is 11.3. The number of amides is 1. The lowest BCUT2D eigenvalue weighted by atomic mass is 9.91. The molecular weight excluding hydrogens is 481 g/mol. The fourth-order valence-electron chi connectivity index (χ4n) is 3.79. The van der Waals surface area contributed by atoms with E-state index in [1.165, 1.54) is 23.9 Å². The largest absolute Gasteiger partial charge is 0.345 e. The quantitative estimate of drug-likeness (QED) is 0.278. The number of rotatable bonds is 6. The van der Waals surface area contributed by atoms with Crippen molar-refractivity contribution >= 4 is 23.4 Å². The van der Waals surface area contributed by atoms with Gasteiger partial charge >= 0.3 is 0 Å². The van der Waals surface area contributed by atoms with Crippen LogP contribution in [0, 0.1) is 11.2 Å². The number of carbonyl (C=O) groups is 1. The van der Waals surface area contributed by atoms with Crippen LogP contribution in [-0.4, -0.2) is 45.3 Å². The molecule has 0 radical (unpaired) electrons. The summed E-state index contributed by atoms with van der Waals surface area (Å²) in [6.45, 7) is 2.08. The predicted octanol–water partition coefficient (Wildman–Crippen LogP) is 5.09. The normalized spacial score (nSPS) is 19.7. The summed E-state index contributed by atoms with van der Waals surface area (Å²) in [7, 11) is 0. The Kier molecular flexibility index (Phi) is 6.82. The van der Waals surface area contributed by atoms with Crippen LogP contribution >= 0.6 is 11.8 Å². The highest BCUT2D eigenvalue weighted by Gasteiger charge is 2.41. The average Bonchev–Trinajstić information content (AvgIpc) is 3.35. The fourth-order valence-corrected chi connectivity index (χ4v) is 4.14. The molecule has 4 aromatic rings. The van der Waals surface area contributed by atoms with Crippen molar-refractivity contribution in [2.45, 2.75) is 18.4 Å². The van der Waals surface area contributed by atoms with Gasteiger partial charge in [0.25, 0.3) is 0 Å². The summed E-state index contributed by atoms with van der Waals surface area (Å²) in [5.41, 5.74) is 2.40. The number of halogens is 1. The molecule has 0 unspecified atom stereocenters. The molecule has 1 saturated heterocycles. The monoisotopic (exact) mass is 505 g/mol. The standard InChI is InChI=1S/C26H24FN5O3S/c1-26(24(33)29-18-6-4-3-5-7-18)14-34-23(35-15-26)22-31-20(16-8-10-17(27)11-9-16)21(32-22)19-12-13-28-25(30-19)36-2/h3-13,23H,14-15H2,1-2H3,(H,29,33)(H,31,32). The summed E-state index contributed by atoms with van der Waals surface area (Å²) in [6.07, 6.45) is 2.76.